The number of fused-ring (bicyclic) bond motifs is 1. The van der Waals surface area contributed by atoms with Gasteiger partial charge in [-0.05, 0) is 12.5 Å². The van der Waals surface area contributed by atoms with Gasteiger partial charge in [-0.3, -0.25) is 0 Å². The van der Waals surface area contributed by atoms with E-state index in [-0.39, 0.29) is 0 Å². The van der Waals surface area contributed by atoms with Crippen molar-refractivity contribution < 1.29 is 0 Å². The van der Waals surface area contributed by atoms with Crippen LogP contribution in [0.15, 0.2) is 29.4 Å². The van der Waals surface area contributed by atoms with Gasteiger partial charge in [-0.1, -0.05) is 18.2 Å². The van der Waals surface area contributed by atoms with Crippen LogP contribution in [0.2, 0.25) is 0 Å². The Kier molecular flexibility index (Phi) is 1.31. The van der Waals surface area contributed by atoms with Crippen LogP contribution in [0.4, 0.5) is 0 Å². The maximum absolute atomic E-state index is 4.18. The summed E-state index contributed by atoms with van der Waals surface area (Å²) in [6, 6.07) is 0. The van der Waals surface area contributed by atoms with Crippen molar-refractivity contribution >= 4 is 5.71 Å². The SMILES string of the molecule is C1=CC2=NNCCC2C=C1. The van der Waals surface area contributed by atoms with Crippen LogP contribution in [0.5, 0.6) is 0 Å². The van der Waals surface area contributed by atoms with Gasteiger partial charge >= 0.3 is 0 Å². The number of rotatable bonds is 0. The molecular formula is C8H10N2. The Morgan fingerprint density at radius 3 is 3.40 bits per heavy atom. The molecule has 2 nitrogen and oxygen atoms in total. The Balaban J connectivity index is 2.27. The minimum atomic E-state index is 0.575. The average molecular weight is 134 g/mol. The molecule has 1 aliphatic heterocycles. The van der Waals surface area contributed by atoms with Gasteiger partial charge < -0.3 is 5.43 Å². The van der Waals surface area contributed by atoms with Gasteiger partial charge in [0.1, 0.15) is 0 Å². The summed E-state index contributed by atoms with van der Waals surface area (Å²) in [7, 11) is 0. The van der Waals surface area contributed by atoms with Gasteiger partial charge in [0.15, 0.2) is 0 Å². The second-order valence-corrected chi connectivity index (χ2v) is 2.58. The number of nitrogens with one attached hydrogen (secondary N) is 1. The first-order chi connectivity index (χ1) is 4.97. The van der Waals surface area contributed by atoms with Gasteiger partial charge in [-0.15, -0.1) is 0 Å². The van der Waals surface area contributed by atoms with Gasteiger partial charge in [0, 0.05) is 12.5 Å². The van der Waals surface area contributed by atoms with Crippen molar-refractivity contribution in [2.24, 2.45) is 11.0 Å². The molecule has 0 aromatic heterocycles. The molecule has 2 heteroatoms. The molecule has 0 saturated heterocycles. The van der Waals surface area contributed by atoms with E-state index < -0.39 is 0 Å². The highest BCUT2D eigenvalue weighted by Gasteiger charge is 2.15. The van der Waals surface area contributed by atoms with E-state index in [1.807, 2.05) is 6.08 Å². The van der Waals surface area contributed by atoms with Crippen LogP contribution in [-0.4, -0.2) is 12.3 Å². The number of hydrogen-bond donors (Lipinski definition) is 1. The van der Waals surface area contributed by atoms with E-state index in [9.17, 15) is 0 Å². The van der Waals surface area contributed by atoms with Gasteiger partial charge in [0.2, 0.25) is 0 Å². The largest absolute Gasteiger partial charge is 0.310 e. The van der Waals surface area contributed by atoms with Gasteiger partial charge in [0.05, 0.1) is 5.71 Å². The summed E-state index contributed by atoms with van der Waals surface area (Å²) in [5, 5.41) is 4.18. The Morgan fingerprint density at radius 2 is 2.50 bits per heavy atom. The molecule has 52 valence electrons. The molecule has 1 unspecified atom stereocenters. The van der Waals surface area contributed by atoms with E-state index in [1.165, 1.54) is 12.1 Å². The lowest BCUT2D eigenvalue weighted by Gasteiger charge is -2.19. The van der Waals surface area contributed by atoms with Crippen molar-refractivity contribution in [3.63, 3.8) is 0 Å². The Hall–Kier alpha value is -1.05. The van der Waals surface area contributed by atoms with Crippen LogP contribution < -0.4 is 5.43 Å². The van der Waals surface area contributed by atoms with E-state index in [4.69, 9.17) is 0 Å². The van der Waals surface area contributed by atoms with Crippen LogP contribution in [0.3, 0.4) is 0 Å². The molecule has 2 aliphatic rings. The van der Waals surface area contributed by atoms with Crippen LogP contribution in [0.1, 0.15) is 6.42 Å². The van der Waals surface area contributed by atoms with E-state index >= 15 is 0 Å². The molecule has 0 radical (unpaired) electrons. The minimum absolute atomic E-state index is 0.575. The highest BCUT2D eigenvalue weighted by atomic mass is 15.3. The second kappa shape index (κ2) is 2.29. The molecule has 1 aliphatic carbocycles. The molecule has 1 atom stereocenters. The third-order valence-corrected chi connectivity index (χ3v) is 1.88. The molecule has 0 amide bonds. The van der Waals surface area contributed by atoms with Crippen molar-refractivity contribution in [2.75, 3.05) is 6.54 Å². The summed E-state index contributed by atoms with van der Waals surface area (Å²) < 4.78 is 0. The fourth-order valence-electron chi connectivity index (χ4n) is 1.31. The van der Waals surface area contributed by atoms with E-state index in [0.29, 0.717) is 5.92 Å². The third-order valence-electron chi connectivity index (χ3n) is 1.88. The summed E-state index contributed by atoms with van der Waals surface area (Å²) in [6.07, 6.45) is 9.58. The molecular weight excluding hydrogens is 124 g/mol. The Bertz CT molecular complexity index is 213. The fraction of sp³-hybridized carbons (Fsp3) is 0.375. The minimum Gasteiger partial charge on any atom is -0.310 e. The zero-order valence-electron chi connectivity index (χ0n) is 5.75. The lowest BCUT2D eigenvalue weighted by Crippen LogP contribution is -2.26. The van der Waals surface area contributed by atoms with Crippen molar-refractivity contribution in [3.8, 4) is 0 Å². The number of hydrazone groups is 1. The Labute approximate surface area is 60.3 Å². The highest BCUT2D eigenvalue weighted by molar-refractivity contribution is 5.99. The first-order valence-electron chi connectivity index (χ1n) is 3.62. The second-order valence-electron chi connectivity index (χ2n) is 2.58. The standard InChI is InChI=1S/C8H10N2/c1-2-4-8-7(3-1)5-6-9-10-8/h1-4,7,9H,5-6H2. The molecule has 0 fully saturated rings. The number of nitrogens with zero attached hydrogens (tertiary/aromatic N) is 1. The first-order valence-corrected chi connectivity index (χ1v) is 3.62. The normalized spacial score (nSPS) is 28.8. The molecule has 2 rings (SSSR count). The number of hydrogen-bond acceptors (Lipinski definition) is 2. The molecule has 0 spiro atoms. The van der Waals surface area contributed by atoms with Crippen molar-refractivity contribution in [2.45, 2.75) is 6.42 Å². The third kappa shape index (κ3) is 0.856. The molecule has 1 N–H and O–H groups in total. The Morgan fingerprint density at radius 1 is 1.50 bits per heavy atom. The summed E-state index contributed by atoms with van der Waals surface area (Å²) in [5.74, 6) is 0.575. The topological polar surface area (TPSA) is 24.4 Å². The monoisotopic (exact) mass is 134 g/mol. The smallest absolute Gasteiger partial charge is 0.0672 e. The van der Waals surface area contributed by atoms with Crippen LogP contribution in [0.25, 0.3) is 0 Å². The van der Waals surface area contributed by atoms with Crippen LogP contribution >= 0.6 is 0 Å². The van der Waals surface area contributed by atoms with Crippen molar-refractivity contribution in [1.29, 1.82) is 0 Å². The first kappa shape index (κ1) is 5.71. The van der Waals surface area contributed by atoms with Crippen molar-refractivity contribution in [3.05, 3.63) is 24.3 Å². The van der Waals surface area contributed by atoms with Gasteiger partial charge in [0.25, 0.3) is 0 Å². The van der Waals surface area contributed by atoms with E-state index in [2.05, 4.69) is 28.8 Å². The summed E-state index contributed by atoms with van der Waals surface area (Å²) >= 11 is 0. The molecule has 0 bridgehead atoms. The predicted octanol–water partition coefficient (Wildman–Crippen LogP) is 1.08. The quantitative estimate of drug-likeness (QED) is 0.526. The maximum Gasteiger partial charge on any atom is 0.0672 e. The zero-order chi connectivity index (χ0) is 6.81. The molecule has 10 heavy (non-hydrogen) atoms. The summed E-state index contributed by atoms with van der Waals surface area (Å²) in [5.41, 5.74) is 4.16. The van der Waals surface area contributed by atoms with Crippen molar-refractivity contribution in [1.82, 2.24) is 5.43 Å². The summed E-state index contributed by atoms with van der Waals surface area (Å²) in [4.78, 5) is 0. The summed E-state index contributed by atoms with van der Waals surface area (Å²) in [6.45, 7) is 1.01. The lowest BCUT2D eigenvalue weighted by molar-refractivity contribution is 0.603. The lowest BCUT2D eigenvalue weighted by atomic mass is 9.94. The fourth-order valence-corrected chi connectivity index (χ4v) is 1.31. The molecule has 0 aromatic carbocycles. The van der Waals surface area contributed by atoms with Gasteiger partial charge in [-0.25, -0.2) is 0 Å². The number of allylic oxidation sites excluding steroid dienone is 4. The maximum atomic E-state index is 4.18. The zero-order valence-corrected chi connectivity index (χ0v) is 5.75. The average Bonchev–Trinajstić information content (AvgIpc) is 2.05. The highest BCUT2D eigenvalue weighted by Crippen LogP contribution is 2.15. The molecule has 1 heterocycles. The molecule has 0 aromatic rings. The van der Waals surface area contributed by atoms with E-state index in [1.54, 1.807) is 0 Å². The molecule has 0 saturated carbocycles. The van der Waals surface area contributed by atoms with Crippen LogP contribution in [-0.2, 0) is 0 Å². The van der Waals surface area contributed by atoms with E-state index in [0.717, 1.165) is 6.54 Å². The van der Waals surface area contributed by atoms with Crippen LogP contribution in [0, 0.1) is 5.92 Å². The predicted molar refractivity (Wildman–Crippen MR) is 41.8 cm³/mol. The van der Waals surface area contributed by atoms with Gasteiger partial charge in [-0.2, -0.15) is 5.10 Å².